The van der Waals surface area contributed by atoms with Crippen LogP contribution in [0.25, 0.3) is 0 Å². The number of nitrogens with one attached hydrogen (secondary N) is 1. The standard InChI is InChI=1S/C13H20N4O.HI/c1-10-8-11(5-7-18-10)9-16-13(14)17-12-4-2-3-6-15-12;/h2-4,6,10-11H,5,7-9H2,1H3,(H3,14,15,16,17);1H. The van der Waals surface area contributed by atoms with Crippen LogP contribution in [-0.4, -0.2) is 30.2 Å². The van der Waals surface area contributed by atoms with Crippen molar-refractivity contribution in [3.63, 3.8) is 0 Å². The van der Waals surface area contributed by atoms with Gasteiger partial charge in [0.1, 0.15) is 5.82 Å². The van der Waals surface area contributed by atoms with E-state index in [4.69, 9.17) is 10.5 Å². The molecule has 0 aliphatic carbocycles. The molecule has 3 N–H and O–H groups in total. The van der Waals surface area contributed by atoms with Crippen LogP contribution >= 0.6 is 24.0 Å². The van der Waals surface area contributed by atoms with E-state index >= 15 is 0 Å². The van der Waals surface area contributed by atoms with Crippen molar-refractivity contribution in [1.29, 1.82) is 0 Å². The van der Waals surface area contributed by atoms with Crippen LogP contribution in [0.4, 0.5) is 5.82 Å². The molecule has 6 heteroatoms. The number of hydrogen-bond donors (Lipinski definition) is 2. The maximum Gasteiger partial charge on any atom is 0.194 e. The number of pyridine rings is 1. The van der Waals surface area contributed by atoms with E-state index in [0.717, 1.165) is 31.8 Å². The molecule has 1 saturated heterocycles. The molecule has 2 unspecified atom stereocenters. The van der Waals surface area contributed by atoms with Gasteiger partial charge in [-0.1, -0.05) is 6.07 Å². The lowest BCUT2D eigenvalue weighted by molar-refractivity contribution is 0.00482. The molecule has 1 aliphatic heterocycles. The average Bonchev–Trinajstić information content (AvgIpc) is 2.38. The molecule has 0 spiro atoms. The molecule has 19 heavy (non-hydrogen) atoms. The van der Waals surface area contributed by atoms with Crippen molar-refractivity contribution in [2.75, 3.05) is 18.5 Å². The first-order valence-corrected chi connectivity index (χ1v) is 6.33. The zero-order valence-corrected chi connectivity index (χ0v) is 13.4. The monoisotopic (exact) mass is 376 g/mol. The van der Waals surface area contributed by atoms with Gasteiger partial charge in [-0.05, 0) is 37.8 Å². The van der Waals surface area contributed by atoms with E-state index in [-0.39, 0.29) is 24.0 Å². The fourth-order valence-corrected chi connectivity index (χ4v) is 2.09. The van der Waals surface area contributed by atoms with Crippen molar-refractivity contribution in [2.45, 2.75) is 25.9 Å². The highest BCUT2D eigenvalue weighted by Crippen LogP contribution is 2.19. The number of nitrogens with two attached hydrogens (primary N) is 1. The highest BCUT2D eigenvalue weighted by Gasteiger charge is 2.18. The molecule has 2 heterocycles. The van der Waals surface area contributed by atoms with E-state index in [1.165, 1.54) is 0 Å². The smallest absolute Gasteiger partial charge is 0.194 e. The number of halogens is 1. The number of anilines is 1. The summed E-state index contributed by atoms with van der Waals surface area (Å²) in [5.74, 6) is 1.71. The molecule has 0 aromatic carbocycles. The van der Waals surface area contributed by atoms with Crippen molar-refractivity contribution in [3.8, 4) is 0 Å². The summed E-state index contributed by atoms with van der Waals surface area (Å²) >= 11 is 0. The van der Waals surface area contributed by atoms with Gasteiger partial charge < -0.3 is 15.8 Å². The Morgan fingerprint density at radius 3 is 3.11 bits per heavy atom. The van der Waals surface area contributed by atoms with Crippen LogP contribution in [0.1, 0.15) is 19.8 Å². The van der Waals surface area contributed by atoms with E-state index in [2.05, 4.69) is 22.2 Å². The van der Waals surface area contributed by atoms with Crippen molar-refractivity contribution in [2.24, 2.45) is 16.6 Å². The molecule has 1 aliphatic rings. The minimum Gasteiger partial charge on any atom is -0.378 e. The molecule has 0 radical (unpaired) electrons. The van der Waals surface area contributed by atoms with Gasteiger partial charge in [-0.25, -0.2) is 4.98 Å². The molecular formula is C13H21IN4O. The van der Waals surface area contributed by atoms with Crippen molar-refractivity contribution < 1.29 is 4.74 Å². The highest BCUT2D eigenvalue weighted by atomic mass is 127. The van der Waals surface area contributed by atoms with Gasteiger partial charge in [0.15, 0.2) is 5.96 Å². The van der Waals surface area contributed by atoms with Crippen molar-refractivity contribution in [1.82, 2.24) is 4.98 Å². The molecular weight excluding hydrogens is 355 g/mol. The summed E-state index contributed by atoms with van der Waals surface area (Å²) in [5, 5.41) is 2.98. The summed E-state index contributed by atoms with van der Waals surface area (Å²) in [6.07, 6.45) is 4.17. The van der Waals surface area contributed by atoms with E-state index < -0.39 is 0 Å². The highest BCUT2D eigenvalue weighted by molar-refractivity contribution is 14.0. The number of rotatable bonds is 3. The first kappa shape index (κ1) is 16.2. The second-order valence-electron chi connectivity index (χ2n) is 4.64. The number of hydrogen-bond acceptors (Lipinski definition) is 3. The summed E-state index contributed by atoms with van der Waals surface area (Å²) in [5.41, 5.74) is 5.83. The minimum absolute atomic E-state index is 0. The number of aliphatic imine (C=N–C) groups is 1. The molecule has 106 valence electrons. The topological polar surface area (TPSA) is 72.5 Å². The largest absolute Gasteiger partial charge is 0.378 e. The number of nitrogens with zero attached hydrogens (tertiary/aromatic N) is 2. The zero-order valence-electron chi connectivity index (χ0n) is 11.1. The third-order valence-corrected chi connectivity index (χ3v) is 3.03. The SMILES string of the molecule is CC1CC(CN=C(N)Nc2ccccn2)CCO1.I. The summed E-state index contributed by atoms with van der Waals surface area (Å²) < 4.78 is 5.51. The van der Waals surface area contributed by atoms with E-state index in [9.17, 15) is 0 Å². The van der Waals surface area contributed by atoms with Crippen LogP contribution < -0.4 is 11.1 Å². The van der Waals surface area contributed by atoms with Gasteiger partial charge in [-0.3, -0.25) is 4.99 Å². The Kier molecular flexibility index (Phi) is 7.07. The van der Waals surface area contributed by atoms with Gasteiger partial charge in [0.25, 0.3) is 0 Å². The first-order valence-electron chi connectivity index (χ1n) is 6.33. The van der Waals surface area contributed by atoms with Crippen molar-refractivity contribution in [3.05, 3.63) is 24.4 Å². The number of aromatic nitrogens is 1. The Hall–Kier alpha value is -0.890. The van der Waals surface area contributed by atoms with Gasteiger partial charge in [-0.2, -0.15) is 0 Å². The average molecular weight is 376 g/mol. The normalized spacial score (nSPS) is 23.5. The molecule has 1 fully saturated rings. The van der Waals surface area contributed by atoms with Crippen LogP contribution in [-0.2, 0) is 4.74 Å². The van der Waals surface area contributed by atoms with E-state index in [1.807, 2.05) is 18.2 Å². The zero-order chi connectivity index (χ0) is 12.8. The molecule has 5 nitrogen and oxygen atoms in total. The van der Waals surface area contributed by atoms with Gasteiger partial charge in [0, 0.05) is 19.3 Å². The lowest BCUT2D eigenvalue weighted by Crippen LogP contribution is -2.28. The molecule has 1 aromatic rings. The lowest BCUT2D eigenvalue weighted by Gasteiger charge is -2.26. The van der Waals surface area contributed by atoms with E-state index in [1.54, 1.807) is 6.20 Å². The second kappa shape index (κ2) is 8.31. The fourth-order valence-electron chi connectivity index (χ4n) is 2.09. The summed E-state index contributed by atoms with van der Waals surface area (Å²) in [7, 11) is 0. The third-order valence-electron chi connectivity index (χ3n) is 3.03. The molecule has 0 amide bonds. The van der Waals surface area contributed by atoms with E-state index in [0.29, 0.717) is 18.0 Å². The van der Waals surface area contributed by atoms with Crippen LogP contribution in [0.3, 0.4) is 0 Å². The molecule has 1 aromatic heterocycles. The Labute approximate surface area is 131 Å². The van der Waals surface area contributed by atoms with Crippen LogP contribution in [0.15, 0.2) is 29.4 Å². The Bertz CT molecular complexity index is 399. The summed E-state index contributed by atoms with van der Waals surface area (Å²) in [6, 6.07) is 5.63. The Balaban J connectivity index is 0.00000180. The number of guanidine groups is 1. The van der Waals surface area contributed by atoms with Crippen LogP contribution in [0.5, 0.6) is 0 Å². The van der Waals surface area contributed by atoms with Gasteiger partial charge in [-0.15, -0.1) is 24.0 Å². The quantitative estimate of drug-likeness (QED) is 0.482. The maximum atomic E-state index is 5.83. The first-order chi connectivity index (χ1) is 8.74. The van der Waals surface area contributed by atoms with Gasteiger partial charge >= 0.3 is 0 Å². The van der Waals surface area contributed by atoms with Crippen molar-refractivity contribution >= 4 is 35.8 Å². The second-order valence-corrected chi connectivity index (χ2v) is 4.64. The predicted octanol–water partition coefficient (Wildman–Crippen LogP) is 2.24. The van der Waals surface area contributed by atoms with Crippen LogP contribution in [0, 0.1) is 5.92 Å². The summed E-state index contributed by atoms with van der Waals surface area (Å²) in [4.78, 5) is 8.50. The lowest BCUT2D eigenvalue weighted by atomic mass is 9.96. The Morgan fingerprint density at radius 1 is 1.58 bits per heavy atom. The summed E-state index contributed by atoms with van der Waals surface area (Å²) in [6.45, 7) is 3.68. The molecule has 2 atom stereocenters. The minimum atomic E-state index is 0. The van der Waals surface area contributed by atoms with Crippen LogP contribution in [0.2, 0.25) is 0 Å². The fraction of sp³-hybridized carbons (Fsp3) is 0.538. The molecule has 0 bridgehead atoms. The van der Waals surface area contributed by atoms with Gasteiger partial charge in [0.05, 0.1) is 6.10 Å². The number of ether oxygens (including phenoxy) is 1. The molecule has 0 saturated carbocycles. The predicted molar refractivity (Wildman–Crippen MR) is 87.9 cm³/mol. The maximum absolute atomic E-state index is 5.83. The third kappa shape index (κ3) is 5.73. The molecule has 2 rings (SSSR count). The van der Waals surface area contributed by atoms with Gasteiger partial charge in [0.2, 0.25) is 0 Å². The Morgan fingerprint density at radius 2 is 2.42 bits per heavy atom.